The number of fused-ring (bicyclic) bond motifs is 1. The lowest BCUT2D eigenvalue weighted by Crippen LogP contribution is -2.29. The standard InChI is InChI=1S/C20H24N8/c1-14-3-15(2)28(25-14)20-4-19(23-13-24-20)27-10-17-8-26(9-18(17)11-27)7-16-5-21-12-22-6-16/h3-6,12-13,17-18H,7-11H2,1-2H3. The molecule has 144 valence electrons. The van der Waals surface area contributed by atoms with Crippen LogP contribution in [0, 0.1) is 25.7 Å². The fourth-order valence-electron chi connectivity index (χ4n) is 4.56. The molecule has 2 fully saturated rings. The Hall–Kier alpha value is -2.87. The molecular formula is C20H24N8. The van der Waals surface area contributed by atoms with Crippen molar-refractivity contribution in [3.63, 3.8) is 0 Å². The number of anilines is 1. The minimum atomic E-state index is 0.678. The Kier molecular flexibility index (Phi) is 4.27. The summed E-state index contributed by atoms with van der Waals surface area (Å²) in [5.41, 5.74) is 3.27. The molecule has 2 aliphatic heterocycles. The van der Waals surface area contributed by atoms with Gasteiger partial charge in [-0.1, -0.05) is 0 Å². The maximum Gasteiger partial charge on any atom is 0.159 e. The monoisotopic (exact) mass is 376 g/mol. The maximum absolute atomic E-state index is 4.55. The smallest absolute Gasteiger partial charge is 0.159 e. The minimum Gasteiger partial charge on any atom is -0.356 e. The summed E-state index contributed by atoms with van der Waals surface area (Å²) in [5.74, 6) is 3.18. The van der Waals surface area contributed by atoms with Gasteiger partial charge in [0, 0.05) is 62.4 Å². The molecule has 0 N–H and O–H groups in total. The van der Waals surface area contributed by atoms with Gasteiger partial charge in [-0.3, -0.25) is 4.90 Å². The van der Waals surface area contributed by atoms with Gasteiger partial charge in [0.25, 0.3) is 0 Å². The van der Waals surface area contributed by atoms with E-state index in [1.54, 1.807) is 12.7 Å². The van der Waals surface area contributed by atoms with E-state index < -0.39 is 0 Å². The summed E-state index contributed by atoms with van der Waals surface area (Å²) in [6.07, 6.45) is 7.06. The minimum absolute atomic E-state index is 0.678. The third-order valence-electron chi connectivity index (χ3n) is 5.77. The zero-order valence-corrected chi connectivity index (χ0v) is 16.2. The predicted octanol–water partition coefficient (Wildman–Crippen LogP) is 1.64. The highest BCUT2D eigenvalue weighted by molar-refractivity contribution is 5.45. The number of hydrogen-bond acceptors (Lipinski definition) is 7. The number of aromatic nitrogens is 6. The first kappa shape index (κ1) is 17.2. The van der Waals surface area contributed by atoms with Crippen molar-refractivity contribution in [3.05, 3.63) is 54.1 Å². The molecule has 0 amide bonds. The Morgan fingerprint density at radius 1 is 0.893 bits per heavy atom. The molecule has 0 aromatic carbocycles. The molecule has 2 unspecified atom stereocenters. The third kappa shape index (κ3) is 3.24. The highest BCUT2D eigenvalue weighted by atomic mass is 15.3. The van der Waals surface area contributed by atoms with Crippen molar-refractivity contribution < 1.29 is 0 Å². The Morgan fingerprint density at radius 3 is 2.29 bits per heavy atom. The molecule has 0 spiro atoms. The largest absolute Gasteiger partial charge is 0.356 e. The summed E-state index contributed by atoms with van der Waals surface area (Å²) < 4.78 is 1.89. The first-order valence-corrected chi connectivity index (χ1v) is 9.72. The van der Waals surface area contributed by atoms with Crippen molar-refractivity contribution in [3.8, 4) is 5.82 Å². The topological polar surface area (TPSA) is 75.9 Å². The van der Waals surface area contributed by atoms with E-state index in [-0.39, 0.29) is 0 Å². The van der Waals surface area contributed by atoms with E-state index >= 15 is 0 Å². The average molecular weight is 376 g/mol. The molecule has 3 aromatic heterocycles. The molecule has 8 nitrogen and oxygen atoms in total. The lowest BCUT2D eigenvalue weighted by Gasteiger charge is -2.22. The number of rotatable bonds is 4. The Bertz CT molecular complexity index is 955. The fourth-order valence-corrected chi connectivity index (χ4v) is 4.56. The summed E-state index contributed by atoms with van der Waals surface area (Å²) in [4.78, 5) is 22.1. The maximum atomic E-state index is 4.55. The highest BCUT2D eigenvalue weighted by Gasteiger charge is 2.40. The van der Waals surface area contributed by atoms with Crippen LogP contribution in [0.5, 0.6) is 0 Å². The SMILES string of the molecule is Cc1cc(C)n(-c2cc(N3CC4CN(Cc5cncnc5)CC4C3)ncn2)n1. The van der Waals surface area contributed by atoms with E-state index in [4.69, 9.17) is 0 Å². The first-order chi connectivity index (χ1) is 13.7. The van der Waals surface area contributed by atoms with E-state index in [1.807, 2.05) is 30.9 Å². The number of nitrogens with zero attached hydrogens (tertiary/aromatic N) is 8. The van der Waals surface area contributed by atoms with Crippen molar-refractivity contribution in [2.45, 2.75) is 20.4 Å². The Labute approximate surface area is 164 Å². The summed E-state index contributed by atoms with van der Waals surface area (Å²) in [6.45, 7) is 9.30. The molecule has 5 heterocycles. The third-order valence-corrected chi connectivity index (χ3v) is 5.77. The zero-order chi connectivity index (χ0) is 19.1. The van der Waals surface area contributed by atoms with Crippen LogP contribution in [-0.2, 0) is 6.54 Å². The summed E-state index contributed by atoms with van der Waals surface area (Å²) in [7, 11) is 0. The normalized spacial score (nSPS) is 22.0. The molecule has 28 heavy (non-hydrogen) atoms. The van der Waals surface area contributed by atoms with E-state index in [0.29, 0.717) is 11.8 Å². The van der Waals surface area contributed by atoms with Gasteiger partial charge in [0.2, 0.25) is 0 Å². The van der Waals surface area contributed by atoms with Gasteiger partial charge in [-0.2, -0.15) is 5.10 Å². The van der Waals surface area contributed by atoms with E-state index in [1.165, 1.54) is 5.56 Å². The van der Waals surface area contributed by atoms with Gasteiger partial charge in [-0.15, -0.1) is 0 Å². The quantitative estimate of drug-likeness (QED) is 0.685. The molecular weight excluding hydrogens is 352 g/mol. The molecule has 2 saturated heterocycles. The lowest BCUT2D eigenvalue weighted by atomic mass is 10.0. The number of likely N-dealkylation sites (tertiary alicyclic amines) is 1. The molecule has 2 atom stereocenters. The summed E-state index contributed by atoms with van der Waals surface area (Å²) >= 11 is 0. The lowest BCUT2D eigenvalue weighted by molar-refractivity contribution is 0.308. The molecule has 2 aliphatic rings. The second-order valence-electron chi connectivity index (χ2n) is 7.94. The second kappa shape index (κ2) is 6.94. The van der Waals surface area contributed by atoms with Crippen LogP contribution >= 0.6 is 0 Å². The van der Waals surface area contributed by atoms with Crippen LogP contribution in [0.25, 0.3) is 5.82 Å². The van der Waals surface area contributed by atoms with E-state index in [0.717, 1.165) is 55.7 Å². The molecule has 0 radical (unpaired) electrons. The van der Waals surface area contributed by atoms with Crippen LogP contribution < -0.4 is 4.90 Å². The van der Waals surface area contributed by atoms with Crippen LogP contribution in [0.2, 0.25) is 0 Å². The number of aryl methyl sites for hydroxylation is 2. The van der Waals surface area contributed by atoms with Gasteiger partial charge >= 0.3 is 0 Å². The van der Waals surface area contributed by atoms with Gasteiger partial charge in [-0.05, 0) is 31.7 Å². The van der Waals surface area contributed by atoms with Gasteiger partial charge in [-0.25, -0.2) is 24.6 Å². The van der Waals surface area contributed by atoms with Gasteiger partial charge in [0.1, 0.15) is 18.5 Å². The second-order valence-corrected chi connectivity index (χ2v) is 7.94. The van der Waals surface area contributed by atoms with Crippen LogP contribution in [-0.4, -0.2) is 60.8 Å². The van der Waals surface area contributed by atoms with Crippen LogP contribution in [0.1, 0.15) is 17.0 Å². The van der Waals surface area contributed by atoms with E-state index in [2.05, 4.69) is 47.0 Å². The first-order valence-electron chi connectivity index (χ1n) is 9.72. The summed E-state index contributed by atoms with van der Waals surface area (Å²) in [6, 6.07) is 4.12. The zero-order valence-electron chi connectivity index (χ0n) is 16.2. The van der Waals surface area contributed by atoms with Crippen molar-refractivity contribution in [2.75, 3.05) is 31.1 Å². The van der Waals surface area contributed by atoms with Crippen molar-refractivity contribution in [1.29, 1.82) is 0 Å². The Balaban J connectivity index is 1.27. The molecule has 0 saturated carbocycles. The van der Waals surface area contributed by atoms with Crippen LogP contribution in [0.15, 0.2) is 37.2 Å². The van der Waals surface area contributed by atoms with Gasteiger partial charge in [0.15, 0.2) is 5.82 Å². The number of hydrogen-bond donors (Lipinski definition) is 0. The van der Waals surface area contributed by atoms with Crippen molar-refractivity contribution in [2.24, 2.45) is 11.8 Å². The average Bonchev–Trinajstić information content (AvgIpc) is 3.35. The van der Waals surface area contributed by atoms with E-state index in [9.17, 15) is 0 Å². The highest BCUT2D eigenvalue weighted by Crippen LogP contribution is 2.34. The van der Waals surface area contributed by atoms with Crippen molar-refractivity contribution >= 4 is 5.82 Å². The van der Waals surface area contributed by atoms with Crippen molar-refractivity contribution in [1.82, 2.24) is 34.6 Å². The predicted molar refractivity (Wildman–Crippen MR) is 105 cm³/mol. The van der Waals surface area contributed by atoms with Crippen LogP contribution in [0.4, 0.5) is 5.82 Å². The molecule has 3 aromatic rings. The van der Waals surface area contributed by atoms with Gasteiger partial charge < -0.3 is 4.90 Å². The summed E-state index contributed by atoms with van der Waals surface area (Å²) in [5, 5.41) is 4.55. The van der Waals surface area contributed by atoms with Crippen LogP contribution in [0.3, 0.4) is 0 Å². The fraction of sp³-hybridized carbons (Fsp3) is 0.450. The molecule has 8 heteroatoms. The molecule has 5 rings (SSSR count). The Morgan fingerprint density at radius 2 is 1.61 bits per heavy atom. The molecule has 0 bridgehead atoms. The van der Waals surface area contributed by atoms with Gasteiger partial charge in [0.05, 0.1) is 5.69 Å². The molecule has 0 aliphatic carbocycles.